The van der Waals surface area contributed by atoms with Gasteiger partial charge in [0.05, 0.1) is 103 Å². The first-order chi connectivity index (χ1) is 60.1. The molecule has 5 amide bonds. The van der Waals surface area contributed by atoms with Crippen LogP contribution in [0.15, 0.2) is 59.6 Å². The molecular formula is C91H127BBrCl2F3N12O17. The van der Waals surface area contributed by atoms with Crippen molar-refractivity contribution in [3.05, 3.63) is 93.8 Å². The second-order valence-corrected chi connectivity index (χ2v) is 38.7. The normalized spacial score (nSPS) is 20.7. The number of ether oxygens (including phenoxy) is 8. The Labute approximate surface area is 761 Å². The predicted molar refractivity (Wildman–Crippen MR) is 484 cm³/mol. The SMILES string of the molecule is CC(C)(C)OC(=O)N1CCC(c2ncc(Br)[nH]2)CC1.COC(=O)N1c2ccc(-c3cnc(C4CCN(C(=O)OC(C)(C)C)CC4)[nH]3)c(OC3CCC3)c2CC[C@@H]1C.COC(=O)N1c2ccc(-c3cnc(C4CCNCC4)[nH]3)c(OC3CCC3)c2CC[C@@H]1C.COC(=O)N1c2ccc(B3OC(C)(C)C(C)(C)O3)c(OC3CCC3)c2CC[C@@H]1C.ClCCl.O=C(O)C(F)(F)F. The van der Waals surface area contributed by atoms with E-state index in [1.54, 1.807) is 30.7 Å². The monoisotopic (exact) mass is 1880 g/mol. The van der Waals surface area contributed by atoms with Crippen LogP contribution >= 0.6 is 39.1 Å². The number of hydrogen-bond donors (Lipinski definition) is 5. The molecule has 698 valence electrons. The van der Waals surface area contributed by atoms with Gasteiger partial charge in [-0.15, -0.1) is 23.2 Å². The van der Waals surface area contributed by atoms with Gasteiger partial charge in [0.1, 0.15) is 50.5 Å². The van der Waals surface area contributed by atoms with Gasteiger partial charge in [0, 0.05) is 95.3 Å². The molecule has 4 saturated heterocycles. The summed E-state index contributed by atoms with van der Waals surface area (Å²) in [5, 5.41) is 10.7. The van der Waals surface area contributed by atoms with Gasteiger partial charge in [-0.1, -0.05) is 6.07 Å². The standard InChI is InChI=1S/C29H40N4O5.C24H32N4O3.C22H32BNO5.C13H20BrN3O2.C2HF3O2.CH2Cl2/c1-18-9-10-22-24(33(18)28(35)36-5)12-11-21(25(22)37-20-7-6-8-20)23-17-30-26(31-23)19-13-15-32(16-14-19)27(34)38-29(2,3)4;1-15-6-7-19-21(28(15)24(29)30-2)9-8-18(22(19)31-17-4-3-5-17)20-14-26-23(27-20)16-10-12-25-13-11-16;1-14-10-11-16-18(24(14)20(25)26-6)13-12-17(19(16)27-15-8-7-9-15)23-28-21(2,3)22(4,5)29-23;1-13(2,3)19-12(18)17-6-4-9(5-7-17)11-15-8-10(14)16-11;3-2(4,5)1(6)7;2-1-3/h11-12,17-20H,6-10,13-16H2,1-5H3,(H,30,31);8-9,14-17,25H,3-7,10-13H2,1-2H3,(H,26,27);12-15H,7-11H2,1-6H3;8-9H,4-7H2,1-3H3,(H,15,16);(H,6,7);1H2/t18-;15-;14-;;;/m000.../s1. The summed E-state index contributed by atoms with van der Waals surface area (Å²) in [7, 11) is 3.80. The van der Waals surface area contributed by atoms with E-state index in [0.29, 0.717) is 24.9 Å². The number of methoxy groups -OCH3 is 3. The van der Waals surface area contributed by atoms with Crippen molar-refractivity contribution < 1.29 is 94.2 Å². The fourth-order valence-electron chi connectivity index (χ4n) is 16.8. The molecule has 127 heavy (non-hydrogen) atoms. The molecule has 0 bridgehead atoms. The summed E-state index contributed by atoms with van der Waals surface area (Å²) in [6.45, 7) is 30.5. The van der Waals surface area contributed by atoms with Crippen LogP contribution in [0.2, 0.25) is 0 Å². The van der Waals surface area contributed by atoms with E-state index in [-0.39, 0.29) is 78.2 Å². The third-order valence-electron chi connectivity index (χ3n) is 25.3. The minimum Gasteiger partial charge on any atom is -0.490 e. The number of piperidine rings is 3. The van der Waals surface area contributed by atoms with Crippen molar-refractivity contribution in [3.63, 3.8) is 0 Å². The van der Waals surface area contributed by atoms with Gasteiger partial charge in [0.2, 0.25) is 0 Å². The van der Waals surface area contributed by atoms with Crippen LogP contribution < -0.4 is 39.7 Å². The maximum Gasteiger partial charge on any atom is 0.498 e. The second kappa shape index (κ2) is 42.9. The number of H-pyrrole nitrogens is 3. The lowest BCUT2D eigenvalue weighted by atomic mass is 9.75. The number of aliphatic carboxylic acids is 1. The predicted octanol–water partition coefficient (Wildman–Crippen LogP) is 19.6. The van der Waals surface area contributed by atoms with Crippen molar-refractivity contribution in [2.24, 2.45) is 0 Å². The van der Waals surface area contributed by atoms with E-state index in [0.717, 1.165) is 243 Å². The summed E-state index contributed by atoms with van der Waals surface area (Å²) >= 11 is 12.9. The number of carboxylic acids is 1. The minimum atomic E-state index is -5.08. The first-order valence-electron chi connectivity index (χ1n) is 44.5. The highest BCUT2D eigenvalue weighted by atomic mass is 79.9. The van der Waals surface area contributed by atoms with Crippen molar-refractivity contribution in [1.82, 2.24) is 45.0 Å². The molecule has 36 heteroatoms. The zero-order valence-electron chi connectivity index (χ0n) is 76.1. The van der Waals surface area contributed by atoms with Gasteiger partial charge in [-0.25, -0.2) is 43.7 Å². The van der Waals surface area contributed by atoms with Gasteiger partial charge in [-0.05, 0) is 284 Å². The van der Waals surface area contributed by atoms with Gasteiger partial charge < -0.3 is 82.4 Å². The van der Waals surface area contributed by atoms with Crippen LogP contribution in [-0.4, -0.2) is 219 Å². The number of imidazole rings is 3. The van der Waals surface area contributed by atoms with Crippen LogP contribution in [0, 0.1) is 0 Å². The summed E-state index contributed by atoms with van der Waals surface area (Å²) < 4.78 is 91.0. The molecule has 29 nitrogen and oxygen atoms in total. The number of aromatic nitrogens is 6. The zero-order chi connectivity index (χ0) is 92.2. The van der Waals surface area contributed by atoms with E-state index < -0.39 is 41.7 Å². The van der Waals surface area contributed by atoms with E-state index in [4.69, 9.17) is 90.3 Å². The number of amides is 5. The minimum absolute atomic E-state index is 0.0580. The lowest BCUT2D eigenvalue weighted by molar-refractivity contribution is -0.192. The number of likely N-dealkylation sites (tertiary alicyclic amines) is 2. The lowest BCUT2D eigenvalue weighted by Crippen LogP contribution is -2.44. The molecular weight excluding hydrogens is 1750 g/mol. The van der Waals surface area contributed by atoms with E-state index in [1.165, 1.54) is 40.6 Å². The van der Waals surface area contributed by atoms with E-state index in [2.05, 4.69) is 95.7 Å². The van der Waals surface area contributed by atoms with Gasteiger partial charge >= 0.3 is 49.7 Å². The van der Waals surface area contributed by atoms with Gasteiger partial charge in [0.15, 0.2) is 0 Å². The third kappa shape index (κ3) is 24.7. The quantitative estimate of drug-likeness (QED) is 0.0432. The Morgan fingerprint density at radius 3 is 1.13 bits per heavy atom. The number of benzene rings is 3. The number of anilines is 3. The molecule has 3 aliphatic carbocycles. The molecule has 0 spiro atoms. The Balaban J connectivity index is 0.000000161. The van der Waals surface area contributed by atoms with Crippen molar-refractivity contribution in [2.75, 3.05) is 80.6 Å². The number of carbonyl (C=O) groups is 6. The highest BCUT2D eigenvalue weighted by Crippen LogP contribution is 2.49. The number of fused-ring (bicyclic) bond motifs is 3. The average Bonchev–Trinajstić information content (AvgIpc) is 1.71. The highest BCUT2D eigenvalue weighted by Gasteiger charge is 2.54. The van der Waals surface area contributed by atoms with Gasteiger partial charge in [0.25, 0.3) is 0 Å². The molecule has 0 unspecified atom stereocenters. The first kappa shape index (κ1) is 98.9. The van der Waals surface area contributed by atoms with Gasteiger partial charge in [-0.2, -0.15) is 13.2 Å². The molecule has 5 N–H and O–H groups in total. The molecule has 10 heterocycles. The summed E-state index contributed by atoms with van der Waals surface area (Å²) in [6.07, 6.45) is 20.5. The number of carbonyl (C=O) groups excluding carboxylic acids is 5. The first-order valence-corrected chi connectivity index (χ1v) is 46.4. The van der Waals surface area contributed by atoms with E-state index >= 15 is 0 Å². The summed E-state index contributed by atoms with van der Waals surface area (Å²) in [5.41, 5.74) is 8.90. The van der Waals surface area contributed by atoms with Crippen molar-refractivity contribution in [2.45, 2.75) is 308 Å². The molecule has 3 aromatic carbocycles. The molecule has 3 aromatic heterocycles. The highest BCUT2D eigenvalue weighted by molar-refractivity contribution is 9.10. The summed E-state index contributed by atoms with van der Waals surface area (Å²) in [6, 6.07) is 12.3. The topological polar surface area (TPSA) is 329 Å². The van der Waals surface area contributed by atoms with Crippen LogP contribution in [-0.2, 0) is 57.1 Å². The summed E-state index contributed by atoms with van der Waals surface area (Å²) in [4.78, 5) is 104. The van der Waals surface area contributed by atoms with E-state index in [1.807, 2.05) is 84.3 Å². The summed E-state index contributed by atoms with van der Waals surface area (Å²) in [5.74, 6) is 3.92. The number of rotatable bonds is 12. The zero-order valence-corrected chi connectivity index (χ0v) is 79.2. The number of alkyl halides is 5. The Hall–Kier alpha value is -8.70. The molecule has 0 radical (unpaired) electrons. The molecule has 3 saturated carbocycles. The number of hydrogen-bond acceptors (Lipinski definition) is 20. The van der Waals surface area contributed by atoms with Crippen LogP contribution in [0.1, 0.15) is 258 Å². The van der Waals surface area contributed by atoms with Crippen LogP contribution in [0.25, 0.3) is 22.5 Å². The molecule has 7 fully saturated rings. The van der Waals surface area contributed by atoms with Crippen molar-refractivity contribution in [1.29, 1.82) is 0 Å². The number of halogens is 6. The molecule has 3 atom stereocenters. The molecule has 10 aliphatic rings. The van der Waals surface area contributed by atoms with E-state index in [9.17, 15) is 37.1 Å². The number of nitrogens with zero attached hydrogens (tertiary/aromatic N) is 8. The van der Waals surface area contributed by atoms with Crippen molar-refractivity contribution >= 4 is 105 Å². The van der Waals surface area contributed by atoms with Crippen LogP contribution in [0.3, 0.4) is 0 Å². The Kier molecular flexibility index (Phi) is 33.4. The average molecular weight is 1880 g/mol. The fourth-order valence-corrected chi connectivity index (χ4v) is 17.1. The fraction of sp³-hybridized carbons (Fsp3) is 0.637. The molecule has 7 aliphatic heterocycles. The maximum absolute atomic E-state index is 12.6. The largest absolute Gasteiger partial charge is 0.498 e. The Morgan fingerprint density at radius 2 is 0.819 bits per heavy atom. The number of aromatic amines is 3. The van der Waals surface area contributed by atoms with Crippen LogP contribution in [0.4, 0.5) is 54.2 Å². The van der Waals surface area contributed by atoms with Crippen molar-refractivity contribution in [3.8, 4) is 39.8 Å². The second-order valence-electron chi connectivity index (χ2n) is 37.0. The number of carboxylic acid groups (broad SMARTS) is 1. The lowest BCUT2D eigenvalue weighted by Gasteiger charge is -2.37. The third-order valence-corrected chi connectivity index (χ3v) is 25.7. The van der Waals surface area contributed by atoms with Crippen LogP contribution in [0.5, 0.6) is 17.2 Å². The van der Waals surface area contributed by atoms with Gasteiger partial charge in [-0.3, -0.25) is 14.7 Å². The molecule has 16 rings (SSSR count). The molecule has 6 aromatic rings. The Morgan fingerprint density at radius 1 is 0.496 bits per heavy atom. The smallest absolute Gasteiger partial charge is 0.490 e. The Bertz CT molecular complexity index is 4720. The maximum atomic E-state index is 12.6. The number of nitrogens with one attached hydrogen (secondary N) is 4.